The molecular weight excluding hydrogens is 192 g/mol. The van der Waals surface area contributed by atoms with E-state index in [4.69, 9.17) is 0 Å². The number of hydrogen-bond donors (Lipinski definition) is 2. The highest BCUT2D eigenvalue weighted by Gasteiger charge is 2.47. The zero-order chi connectivity index (χ0) is 10.4. The van der Waals surface area contributed by atoms with Crippen LogP contribution in [-0.2, 0) is 4.79 Å². The lowest BCUT2D eigenvalue weighted by Gasteiger charge is -2.51. The molecule has 4 heteroatoms. The van der Waals surface area contributed by atoms with Crippen LogP contribution in [0.3, 0.4) is 0 Å². The fourth-order valence-electron chi connectivity index (χ4n) is 3.16. The highest BCUT2D eigenvalue weighted by atomic mass is 16.3. The van der Waals surface area contributed by atoms with Crippen LogP contribution in [0.15, 0.2) is 0 Å². The van der Waals surface area contributed by atoms with Crippen molar-refractivity contribution in [1.82, 2.24) is 10.2 Å². The van der Waals surface area contributed by atoms with Crippen LogP contribution in [0.5, 0.6) is 0 Å². The second kappa shape index (κ2) is 3.46. The molecule has 3 saturated heterocycles. The van der Waals surface area contributed by atoms with Gasteiger partial charge >= 0.3 is 0 Å². The van der Waals surface area contributed by atoms with Crippen LogP contribution in [0.25, 0.3) is 0 Å². The van der Waals surface area contributed by atoms with Crippen LogP contribution in [-0.4, -0.2) is 47.7 Å². The summed E-state index contributed by atoms with van der Waals surface area (Å²) in [7, 11) is 0. The number of hydrogen-bond acceptors (Lipinski definition) is 3. The van der Waals surface area contributed by atoms with Crippen LogP contribution < -0.4 is 5.32 Å². The van der Waals surface area contributed by atoms with Crippen LogP contribution in [0, 0.1) is 11.8 Å². The van der Waals surface area contributed by atoms with Crippen molar-refractivity contribution in [3.8, 4) is 0 Å². The summed E-state index contributed by atoms with van der Waals surface area (Å²) >= 11 is 0. The standard InChI is InChI=1S/C11H18N2O2/c14-10-7-4-8(10)6-13(5-7)11(15)9-2-1-3-12-9/h7-10,12,14H,1-6H2/t7-,8+,9-,10?/m1/s1. The Morgan fingerprint density at radius 2 is 2.07 bits per heavy atom. The maximum absolute atomic E-state index is 12.1. The smallest absolute Gasteiger partial charge is 0.239 e. The number of amides is 1. The number of carbonyl (C=O) groups excluding carboxylic acids is 1. The predicted molar refractivity (Wildman–Crippen MR) is 55.2 cm³/mol. The molecule has 3 aliphatic heterocycles. The average molecular weight is 210 g/mol. The van der Waals surface area contributed by atoms with Crippen molar-refractivity contribution in [3.63, 3.8) is 0 Å². The van der Waals surface area contributed by atoms with Crippen molar-refractivity contribution in [2.45, 2.75) is 31.4 Å². The largest absolute Gasteiger partial charge is 0.392 e. The van der Waals surface area contributed by atoms with Crippen molar-refractivity contribution in [2.75, 3.05) is 19.6 Å². The molecule has 4 rings (SSSR count). The van der Waals surface area contributed by atoms with Gasteiger partial charge in [-0.1, -0.05) is 0 Å². The van der Waals surface area contributed by atoms with E-state index in [-0.39, 0.29) is 18.1 Å². The molecule has 0 radical (unpaired) electrons. The van der Waals surface area contributed by atoms with Gasteiger partial charge in [-0.25, -0.2) is 0 Å². The second-order valence-corrected chi connectivity index (χ2v) is 5.14. The molecule has 3 heterocycles. The molecular formula is C11H18N2O2. The van der Waals surface area contributed by atoms with E-state index in [0.717, 1.165) is 38.9 Å². The van der Waals surface area contributed by atoms with Crippen molar-refractivity contribution in [3.05, 3.63) is 0 Å². The second-order valence-electron chi connectivity index (χ2n) is 5.14. The molecule has 15 heavy (non-hydrogen) atoms. The summed E-state index contributed by atoms with van der Waals surface area (Å²) in [6.45, 7) is 2.52. The molecule has 4 aliphatic rings. The zero-order valence-corrected chi connectivity index (χ0v) is 8.85. The molecule has 4 fully saturated rings. The minimum Gasteiger partial charge on any atom is -0.392 e. The summed E-state index contributed by atoms with van der Waals surface area (Å²) in [5.41, 5.74) is 0. The molecule has 1 amide bonds. The van der Waals surface area contributed by atoms with Gasteiger partial charge in [0.25, 0.3) is 0 Å². The Hall–Kier alpha value is -0.610. The SMILES string of the molecule is O=C([C@H]1CCCN1)N1C[C@H]2C[C@@H](C1)C2O. The van der Waals surface area contributed by atoms with E-state index in [9.17, 15) is 9.90 Å². The Morgan fingerprint density at radius 1 is 1.33 bits per heavy atom. The first-order valence-corrected chi connectivity index (χ1v) is 5.96. The van der Waals surface area contributed by atoms with Gasteiger partial charge in [-0.2, -0.15) is 0 Å². The van der Waals surface area contributed by atoms with E-state index < -0.39 is 0 Å². The van der Waals surface area contributed by atoms with Crippen LogP contribution in [0.1, 0.15) is 19.3 Å². The number of rotatable bonds is 1. The summed E-state index contributed by atoms with van der Waals surface area (Å²) in [4.78, 5) is 14.0. The summed E-state index contributed by atoms with van der Waals surface area (Å²) in [5.74, 6) is 0.970. The summed E-state index contributed by atoms with van der Waals surface area (Å²) < 4.78 is 0. The molecule has 0 aromatic heterocycles. The topological polar surface area (TPSA) is 52.6 Å². The third kappa shape index (κ3) is 1.47. The quantitative estimate of drug-likeness (QED) is 0.618. The van der Waals surface area contributed by atoms with Gasteiger partial charge in [-0.3, -0.25) is 4.79 Å². The van der Waals surface area contributed by atoms with Gasteiger partial charge in [0.1, 0.15) is 0 Å². The number of nitrogens with one attached hydrogen (secondary N) is 1. The highest BCUT2D eigenvalue weighted by molar-refractivity contribution is 5.82. The van der Waals surface area contributed by atoms with Crippen LogP contribution >= 0.6 is 0 Å². The number of aliphatic hydroxyl groups is 1. The summed E-state index contributed by atoms with van der Waals surface area (Å²) in [5, 5.41) is 12.9. The van der Waals surface area contributed by atoms with Gasteiger partial charge in [-0.15, -0.1) is 0 Å². The molecule has 1 saturated carbocycles. The number of aliphatic hydroxyl groups excluding tert-OH is 1. The molecule has 4 atom stereocenters. The van der Waals surface area contributed by atoms with Crippen molar-refractivity contribution < 1.29 is 9.90 Å². The van der Waals surface area contributed by atoms with Gasteiger partial charge < -0.3 is 15.3 Å². The molecule has 1 aliphatic carbocycles. The van der Waals surface area contributed by atoms with Crippen molar-refractivity contribution >= 4 is 5.91 Å². The van der Waals surface area contributed by atoms with Crippen molar-refractivity contribution in [2.24, 2.45) is 11.8 Å². The molecule has 0 aromatic carbocycles. The maximum Gasteiger partial charge on any atom is 0.239 e. The Morgan fingerprint density at radius 3 is 2.60 bits per heavy atom. The average Bonchev–Trinajstić information content (AvgIpc) is 2.81. The fourth-order valence-corrected chi connectivity index (χ4v) is 3.16. The van der Waals surface area contributed by atoms with E-state index in [2.05, 4.69) is 5.32 Å². The molecule has 84 valence electrons. The lowest BCUT2D eigenvalue weighted by molar-refractivity contribution is -0.152. The minimum absolute atomic E-state index is 0.0552. The third-order valence-electron chi connectivity index (χ3n) is 4.15. The lowest BCUT2D eigenvalue weighted by Crippen LogP contribution is -2.61. The van der Waals surface area contributed by atoms with E-state index in [1.807, 2.05) is 4.90 Å². The number of nitrogens with zero attached hydrogens (tertiary/aromatic N) is 1. The van der Waals surface area contributed by atoms with Gasteiger partial charge in [0.05, 0.1) is 12.1 Å². The third-order valence-corrected chi connectivity index (χ3v) is 4.15. The molecule has 2 N–H and O–H groups in total. The van der Waals surface area contributed by atoms with E-state index >= 15 is 0 Å². The first-order valence-electron chi connectivity index (χ1n) is 5.96. The Bertz CT molecular complexity index is 264. The van der Waals surface area contributed by atoms with E-state index in [0.29, 0.717) is 11.8 Å². The first kappa shape index (κ1) is 9.60. The first-order chi connectivity index (χ1) is 7.25. The summed E-state index contributed by atoms with van der Waals surface area (Å²) in [6, 6.07) is 0.0552. The molecule has 0 spiro atoms. The number of carbonyl (C=O) groups is 1. The molecule has 4 nitrogen and oxygen atoms in total. The number of piperidine rings is 2. The molecule has 1 unspecified atom stereocenters. The number of fused-ring (bicyclic) bond motifs is 2. The Kier molecular flexibility index (Phi) is 2.21. The lowest BCUT2D eigenvalue weighted by atomic mass is 9.68. The maximum atomic E-state index is 12.1. The summed E-state index contributed by atoms with van der Waals surface area (Å²) in [6.07, 6.45) is 3.07. The van der Waals surface area contributed by atoms with Gasteiger partial charge in [0.15, 0.2) is 0 Å². The van der Waals surface area contributed by atoms with E-state index in [1.54, 1.807) is 0 Å². The monoisotopic (exact) mass is 210 g/mol. The van der Waals surface area contributed by atoms with Crippen LogP contribution in [0.2, 0.25) is 0 Å². The highest BCUT2D eigenvalue weighted by Crippen LogP contribution is 2.40. The minimum atomic E-state index is -0.134. The molecule has 0 aromatic rings. The van der Waals surface area contributed by atoms with Gasteiger partial charge in [-0.05, 0) is 25.8 Å². The van der Waals surface area contributed by atoms with Gasteiger partial charge in [0.2, 0.25) is 5.91 Å². The molecule has 2 bridgehead atoms. The zero-order valence-electron chi connectivity index (χ0n) is 8.85. The van der Waals surface area contributed by atoms with Crippen molar-refractivity contribution in [1.29, 1.82) is 0 Å². The predicted octanol–water partition coefficient (Wildman–Crippen LogP) is -0.422. The van der Waals surface area contributed by atoms with Crippen LogP contribution in [0.4, 0.5) is 0 Å². The fraction of sp³-hybridized carbons (Fsp3) is 0.909. The van der Waals surface area contributed by atoms with E-state index in [1.165, 1.54) is 0 Å². The van der Waals surface area contributed by atoms with Gasteiger partial charge in [0, 0.05) is 24.9 Å². The normalized spacial score (nSPS) is 43.9. The Labute approximate surface area is 89.6 Å². The Balaban J connectivity index is 1.61.